The predicted molar refractivity (Wildman–Crippen MR) is 68.8 cm³/mol. The third kappa shape index (κ3) is 3.20. The van der Waals surface area contributed by atoms with Gasteiger partial charge < -0.3 is 4.74 Å². The molecule has 0 aromatic heterocycles. The highest BCUT2D eigenvalue weighted by Crippen LogP contribution is 2.22. The summed E-state index contributed by atoms with van der Waals surface area (Å²) in [5, 5.41) is 11.2. The lowest BCUT2D eigenvalue weighted by atomic mass is 10.2. The Morgan fingerprint density at radius 2 is 1.89 bits per heavy atom. The molecule has 0 aliphatic rings. The molecular formula is C13H9ClFNO3. The second kappa shape index (κ2) is 5.67. The van der Waals surface area contributed by atoms with Crippen LogP contribution in [0.25, 0.3) is 0 Å². The van der Waals surface area contributed by atoms with Gasteiger partial charge in [-0.3, -0.25) is 10.1 Å². The third-order valence-corrected chi connectivity index (χ3v) is 2.71. The Balaban J connectivity index is 2.13. The van der Waals surface area contributed by atoms with Crippen LogP contribution in [0.4, 0.5) is 10.1 Å². The summed E-state index contributed by atoms with van der Waals surface area (Å²) >= 11 is 5.72. The first-order chi connectivity index (χ1) is 9.08. The van der Waals surface area contributed by atoms with Gasteiger partial charge >= 0.3 is 5.69 Å². The largest absolute Gasteiger partial charge is 0.489 e. The zero-order valence-corrected chi connectivity index (χ0v) is 10.4. The standard InChI is InChI=1S/C13H9ClFNO3/c14-10-4-6-11(7-5-10)19-8-9-2-1-3-12(13(9)15)16(17)18/h1-7H,8H2. The van der Waals surface area contributed by atoms with Crippen LogP contribution in [-0.2, 0) is 6.61 Å². The number of nitrogens with zero attached hydrogens (tertiary/aromatic N) is 1. The molecule has 0 fully saturated rings. The van der Waals surface area contributed by atoms with Gasteiger partial charge in [-0.15, -0.1) is 0 Å². The van der Waals surface area contributed by atoms with Crippen LogP contribution in [0.3, 0.4) is 0 Å². The van der Waals surface area contributed by atoms with Crippen LogP contribution in [0, 0.1) is 15.9 Å². The molecule has 0 heterocycles. The number of rotatable bonds is 4. The molecular weight excluding hydrogens is 273 g/mol. The van der Waals surface area contributed by atoms with Crippen LogP contribution >= 0.6 is 11.6 Å². The van der Waals surface area contributed by atoms with E-state index in [1.165, 1.54) is 12.1 Å². The molecule has 2 rings (SSSR count). The highest BCUT2D eigenvalue weighted by molar-refractivity contribution is 6.30. The summed E-state index contributed by atoms with van der Waals surface area (Å²) in [7, 11) is 0. The van der Waals surface area contributed by atoms with Crippen molar-refractivity contribution in [1.82, 2.24) is 0 Å². The quantitative estimate of drug-likeness (QED) is 0.629. The highest BCUT2D eigenvalue weighted by Gasteiger charge is 2.17. The molecule has 0 aliphatic carbocycles. The molecule has 6 heteroatoms. The Morgan fingerprint density at radius 1 is 1.21 bits per heavy atom. The Bertz CT molecular complexity index is 601. The lowest BCUT2D eigenvalue weighted by molar-refractivity contribution is -0.387. The fourth-order valence-electron chi connectivity index (χ4n) is 1.51. The fraction of sp³-hybridized carbons (Fsp3) is 0.0769. The molecule has 4 nitrogen and oxygen atoms in total. The molecule has 0 amide bonds. The number of ether oxygens (including phenoxy) is 1. The number of hydrogen-bond donors (Lipinski definition) is 0. The van der Waals surface area contributed by atoms with Crippen molar-refractivity contribution < 1.29 is 14.1 Å². The number of nitro benzene ring substituents is 1. The van der Waals surface area contributed by atoms with Crippen molar-refractivity contribution in [2.24, 2.45) is 0 Å². The minimum Gasteiger partial charge on any atom is -0.489 e. The van der Waals surface area contributed by atoms with Gasteiger partial charge in [-0.1, -0.05) is 23.7 Å². The summed E-state index contributed by atoms with van der Waals surface area (Å²) < 4.78 is 19.1. The first-order valence-corrected chi connectivity index (χ1v) is 5.76. The van der Waals surface area contributed by atoms with Gasteiger partial charge in [-0.2, -0.15) is 4.39 Å². The van der Waals surface area contributed by atoms with Crippen LogP contribution in [0.2, 0.25) is 5.02 Å². The smallest absolute Gasteiger partial charge is 0.305 e. The third-order valence-electron chi connectivity index (χ3n) is 2.46. The van der Waals surface area contributed by atoms with E-state index in [1.54, 1.807) is 24.3 Å². The number of nitro groups is 1. The van der Waals surface area contributed by atoms with Gasteiger partial charge in [0.05, 0.1) is 4.92 Å². The van der Waals surface area contributed by atoms with E-state index in [0.29, 0.717) is 10.8 Å². The summed E-state index contributed by atoms with van der Waals surface area (Å²) in [6.45, 7) is -0.0881. The first kappa shape index (κ1) is 13.3. The molecule has 19 heavy (non-hydrogen) atoms. The van der Waals surface area contributed by atoms with Crippen molar-refractivity contribution in [3.8, 4) is 5.75 Å². The van der Waals surface area contributed by atoms with E-state index < -0.39 is 16.4 Å². The molecule has 0 saturated carbocycles. The molecule has 0 unspecified atom stereocenters. The number of benzene rings is 2. The zero-order chi connectivity index (χ0) is 13.8. The van der Waals surface area contributed by atoms with E-state index in [4.69, 9.17) is 16.3 Å². The normalized spacial score (nSPS) is 10.2. The SMILES string of the molecule is O=[N+]([O-])c1cccc(COc2ccc(Cl)cc2)c1F. The Hall–Kier alpha value is -2.14. The van der Waals surface area contributed by atoms with Gasteiger partial charge in [0.25, 0.3) is 0 Å². The second-order valence-electron chi connectivity index (χ2n) is 3.75. The average Bonchev–Trinajstić information content (AvgIpc) is 2.39. The van der Waals surface area contributed by atoms with E-state index >= 15 is 0 Å². The van der Waals surface area contributed by atoms with Crippen molar-refractivity contribution in [1.29, 1.82) is 0 Å². The topological polar surface area (TPSA) is 52.4 Å². The van der Waals surface area contributed by atoms with Crippen molar-refractivity contribution in [2.75, 3.05) is 0 Å². The molecule has 98 valence electrons. The van der Waals surface area contributed by atoms with Gasteiger partial charge in [0, 0.05) is 16.7 Å². The Morgan fingerprint density at radius 3 is 2.53 bits per heavy atom. The summed E-state index contributed by atoms with van der Waals surface area (Å²) in [4.78, 5) is 9.83. The van der Waals surface area contributed by atoms with Crippen LogP contribution in [0.1, 0.15) is 5.56 Å². The molecule has 0 spiro atoms. The van der Waals surface area contributed by atoms with Gasteiger partial charge in [0.1, 0.15) is 12.4 Å². The number of halogens is 2. The number of hydrogen-bond acceptors (Lipinski definition) is 3. The maximum Gasteiger partial charge on any atom is 0.305 e. The molecule has 0 bridgehead atoms. The highest BCUT2D eigenvalue weighted by atomic mass is 35.5. The maximum absolute atomic E-state index is 13.7. The molecule has 2 aromatic carbocycles. The molecule has 0 radical (unpaired) electrons. The molecule has 0 aliphatic heterocycles. The Kier molecular flexibility index (Phi) is 3.97. The minimum absolute atomic E-state index is 0.0881. The van der Waals surface area contributed by atoms with Crippen molar-refractivity contribution >= 4 is 17.3 Å². The lowest BCUT2D eigenvalue weighted by Gasteiger charge is -2.07. The van der Waals surface area contributed by atoms with Gasteiger partial charge in [-0.05, 0) is 24.3 Å². The van der Waals surface area contributed by atoms with E-state index in [-0.39, 0.29) is 12.2 Å². The molecule has 0 N–H and O–H groups in total. The monoisotopic (exact) mass is 281 g/mol. The second-order valence-corrected chi connectivity index (χ2v) is 4.19. The van der Waals surface area contributed by atoms with Crippen LogP contribution in [-0.4, -0.2) is 4.92 Å². The van der Waals surface area contributed by atoms with Gasteiger partial charge in [0.15, 0.2) is 0 Å². The summed E-state index contributed by atoms with van der Waals surface area (Å²) in [6.07, 6.45) is 0. The van der Waals surface area contributed by atoms with Crippen molar-refractivity contribution in [3.63, 3.8) is 0 Å². The molecule has 0 saturated heterocycles. The summed E-state index contributed by atoms with van der Waals surface area (Å²) in [6, 6.07) is 10.5. The van der Waals surface area contributed by atoms with E-state index in [9.17, 15) is 14.5 Å². The maximum atomic E-state index is 13.7. The van der Waals surface area contributed by atoms with Crippen LogP contribution in [0.5, 0.6) is 5.75 Å². The van der Waals surface area contributed by atoms with Crippen molar-refractivity contribution in [3.05, 3.63) is 69.0 Å². The van der Waals surface area contributed by atoms with Crippen molar-refractivity contribution in [2.45, 2.75) is 6.61 Å². The molecule has 2 aromatic rings. The first-order valence-electron chi connectivity index (χ1n) is 5.38. The average molecular weight is 282 g/mol. The Labute approximate surface area is 113 Å². The summed E-state index contributed by atoms with van der Waals surface area (Å²) in [5.74, 6) is -0.364. The minimum atomic E-state index is -0.874. The predicted octanol–water partition coefficient (Wildman–Crippen LogP) is 3.97. The van der Waals surface area contributed by atoms with Gasteiger partial charge in [-0.25, -0.2) is 0 Å². The zero-order valence-electron chi connectivity index (χ0n) is 9.68. The summed E-state index contributed by atoms with van der Waals surface area (Å²) in [5.41, 5.74) is -0.429. The van der Waals surface area contributed by atoms with E-state index in [0.717, 1.165) is 6.07 Å². The van der Waals surface area contributed by atoms with Crippen LogP contribution < -0.4 is 4.74 Å². The fourth-order valence-corrected chi connectivity index (χ4v) is 1.64. The van der Waals surface area contributed by atoms with E-state index in [1.807, 2.05) is 0 Å². The van der Waals surface area contributed by atoms with E-state index in [2.05, 4.69) is 0 Å². The molecule has 0 atom stereocenters. The lowest BCUT2D eigenvalue weighted by Crippen LogP contribution is -2.01. The van der Waals surface area contributed by atoms with Crippen LogP contribution in [0.15, 0.2) is 42.5 Å². The van der Waals surface area contributed by atoms with Gasteiger partial charge in [0.2, 0.25) is 5.82 Å².